The van der Waals surface area contributed by atoms with Crippen LogP contribution in [0.4, 0.5) is 11.6 Å². The Hall–Kier alpha value is -3.19. The number of rotatable bonds is 5. The maximum Gasteiger partial charge on any atom is 0.155 e. The Morgan fingerprint density at radius 2 is 1.96 bits per heavy atom. The summed E-state index contributed by atoms with van der Waals surface area (Å²) in [6.07, 6.45) is 3.86. The van der Waals surface area contributed by atoms with Crippen LogP contribution >= 0.6 is 11.6 Å². The number of hydrogen-bond donors (Lipinski definition) is 2. The van der Waals surface area contributed by atoms with E-state index < -0.39 is 0 Å². The maximum atomic E-state index is 6.24. The summed E-state index contributed by atoms with van der Waals surface area (Å²) in [4.78, 5) is 12.5. The minimum absolute atomic E-state index is 0.0394. The van der Waals surface area contributed by atoms with Crippen LogP contribution in [0.1, 0.15) is 24.9 Å². The van der Waals surface area contributed by atoms with E-state index >= 15 is 0 Å². The van der Waals surface area contributed by atoms with Crippen LogP contribution in [0.15, 0.2) is 55.0 Å². The van der Waals surface area contributed by atoms with Crippen LogP contribution in [0.5, 0.6) is 0 Å². The molecule has 0 unspecified atom stereocenters. The Bertz CT molecular complexity index is 1080. The number of benzene rings is 1. The number of nitrogens with two attached hydrogens (primary N) is 1. The van der Waals surface area contributed by atoms with Crippen LogP contribution in [0, 0.1) is 0 Å². The van der Waals surface area contributed by atoms with Crippen molar-refractivity contribution in [2.45, 2.75) is 19.4 Å². The second kappa shape index (κ2) is 7.20. The van der Waals surface area contributed by atoms with E-state index in [1.54, 1.807) is 16.8 Å². The summed E-state index contributed by atoms with van der Waals surface area (Å²) < 4.78 is 1.64. The Kier molecular flexibility index (Phi) is 4.60. The van der Waals surface area contributed by atoms with Crippen molar-refractivity contribution >= 4 is 28.9 Å². The van der Waals surface area contributed by atoms with Crippen LogP contribution in [-0.2, 0) is 0 Å². The Labute approximate surface area is 161 Å². The minimum atomic E-state index is -0.0394. The first-order chi connectivity index (χ1) is 13.2. The molecule has 4 rings (SSSR count). The van der Waals surface area contributed by atoms with Gasteiger partial charge in [0.2, 0.25) is 0 Å². The number of fused-ring (bicyclic) bond motifs is 1. The lowest BCUT2D eigenvalue weighted by molar-refractivity contribution is 0.735. The van der Waals surface area contributed by atoms with Gasteiger partial charge in [0, 0.05) is 17.2 Å². The SMILES string of the molecule is CC[C@@H](Nc1cc(N)ncn1)c1cc2ncc(Cl)n2nc1-c1ccccc1. The second-order valence-electron chi connectivity index (χ2n) is 6.10. The Balaban J connectivity index is 1.85. The number of nitrogen functional groups attached to an aromatic ring is 1. The summed E-state index contributed by atoms with van der Waals surface area (Å²) >= 11 is 6.24. The molecule has 0 aliphatic carbocycles. The van der Waals surface area contributed by atoms with E-state index in [9.17, 15) is 0 Å². The third kappa shape index (κ3) is 3.41. The van der Waals surface area contributed by atoms with Crippen LogP contribution in [-0.4, -0.2) is 24.6 Å². The van der Waals surface area contributed by atoms with Crippen molar-refractivity contribution < 1.29 is 0 Å². The lowest BCUT2D eigenvalue weighted by Crippen LogP contribution is -2.14. The van der Waals surface area contributed by atoms with E-state index in [0.29, 0.717) is 22.4 Å². The van der Waals surface area contributed by atoms with Crippen molar-refractivity contribution in [3.05, 3.63) is 65.7 Å². The topological polar surface area (TPSA) is 94.0 Å². The lowest BCUT2D eigenvalue weighted by atomic mass is 9.98. The monoisotopic (exact) mass is 379 g/mol. The zero-order valence-corrected chi connectivity index (χ0v) is 15.4. The van der Waals surface area contributed by atoms with Crippen LogP contribution in [0.3, 0.4) is 0 Å². The van der Waals surface area contributed by atoms with Gasteiger partial charge in [-0.05, 0) is 12.5 Å². The smallest absolute Gasteiger partial charge is 0.155 e. The maximum absolute atomic E-state index is 6.24. The van der Waals surface area contributed by atoms with E-state index in [1.165, 1.54) is 6.33 Å². The molecule has 0 fully saturated rings. The first-order valence-electron chi connectivity index (χ1n) is 8.59. The fourth-order valence-electron chi connectivity index (χ4n) is 3.02. The number of nitrogens with one attached hydrogen (secondary N) is 1. The summed E-state index contributed by atoms with van der Waals surface area (Å²) in [7, 11) is 0. The van der Waals surface area contributed by atoms with Crippen molar-refractivity contribution in [3.8, 4) is 11.3 Å². The molecule has 1 aromatic carbocycles. The van der Waals surface area contributed by atoms with Gasteiger partial charge in [-0.3, -0.25) is 0 Å². The molecule has 0 saturated heterocycles. The van der Waals surface area contributed by atoms with E-state index in [1.807, 2.05) is 36.4 Å². The first-order valence-corrected chi connectivity index (χ1v) is 8.97. The van der Waals surface area contributed by atoms with Crippen molar-refractivity contribution in [2.75, 3.05) is 11.1 Å². The average Bonchev–Trinajstić information content (AvgIpc) is 3.06. The largest absolute Gasteiger partial charge is 0.384 e. The highest BCUT2D eigenvalue weighted by atomic mass is 35.5. The van der Waals surface area contributed by atoms with Crippen molar-refractivity contribution in [3.63, 3.8) is 0 Å². The van der Waals surface area contributed by atoms with Gasteiger partial charge in [0.15, 0.2) is 10.8 Å². The lowest BCUT2D eigenvalue weighted by Gasteiger charge is -2.21. The highest BCUT2D eigenvalue weighted by Gasteiger charge is 2.19. The van der Waals surface area contributed by atoms with Crippen LogP contribution < -0.4 is 11.1 Å². The predicted molar refractivity (Wildman–Crippen MR) is 107 cm³/mol. The number of anilines is 2. The molecular formula is C19H18ClN7. The number of imidazole rings is 1. The summed E-state index contributed by atoms with van der Waals surface area (Å²) in [5, 5.41) is 8.65. The van der Waals surface area contributed by atoms with E-state index in [4.69, 9.17) is 22.4 Å². The van der Waals surface area contributed by atoms with Crippen molar-refractivity contribution in [1.82, 2.24) is 24.6 Å². The van der Waals surface area contributed by atoms with Gasteiger partial charge >= 0.3 is 0 Å². The van der Waals surface area contributed by atoms with Crippen molar-refractivity contribution in [1.29, 1.82) is 0 Å². The van der Waals surface area contributed by atoms with Gasteiger partial charge in [0.1, 0.15) is 18.0 Å². The second-order valence-corrected chi connectivity index (χ2v) is 6.49. The normalized spacial score (nSPS) is 12.2. The standard InChI is InChI=1S/C19H18ClN7/c1-2-14(25-17-9-16(21)23-11-24-17)13-8-18-22-10-15(20)27(18)26-19(13)12-6-4-3-5-7-12/h3-11,14H,2H2,1H3,(H3,21,23,24,25)/t14-/m1/s1. The molecule has 136 valence electrons. The predicted octanol–water partition coefficient (Wildman–Crippen LogP) is 3.99. The molecule has 3 aromatic heterocycles. The van der Waals surface area contributed by atoms with Crippen LogP contribution in [0.25, 0.3) is 16.9 Å². The molecule has 0 amide bonds. The molecule has 3 N–H and O–H groups in total. The fourth-order valence-corrected chi connectivity index (χ4v) is 3.19. The number of aromatic nitrogens is 5. The molecule has 4 aromatic rings. The number of nitrogens with zero attached hydrogens (tertiary/aromatic N) is 5. The summed E-state index contributed by atoms with van der Waals surface area (Å²) in [6, 6.07) is 13.7. The molecule has 7 nitrogen and oxygen atoms in total. The molecular weight excluding hydrogens is 362 g/mol. The average molecular weight is 380 g/mol. The fraction of sp³-hybridized carbons (Fsp3) is 0.158. The summed E-state index contributed by atoms with van der Waals surface area (Å²) in [5.74, 6) is 1.08. The summed E-state index contributed by atoms with van der Waals surface area (Å²) in [5.41, 5.74) is 9.32. The Morgan fingerprint density at radius 1 is 1.15 bits per heavy atom. The zero-order valence-electron chi connectivity index (χ0n) is 14.7. The third-order valence-corrected chi connectivity index (χ3v) is 4.58. The first kappa shape index (κ1) is 17.2. The van der Waals surface area contributed by atoms with Crippen molar-refractivity contribution in [2.24, 2.45) is 0 Å². The molecule has 0 aliphatic heterocycles. The highest BCUT2D eigenvalue weighted by molar-refractivity contribution is 6.29. The van der Waals surface area contributed by atoms with Gasteiger partial charge in [-0.25, -0.2) is 19.5 Å². The molecule has 0 bridgehead atoms. The van der Waals surface area contributed by atoms with Gasteiger partial charge in [0.25, 0.3) is 0 Å². The molecule has 8 heteroatoms. The number of halogens is 1. The van der Waals surface area contributed by atoms with E-state index in [0.717, 1.165) is 23.2 Å². The van der Waals surface area contributed by atoms with Gasteiger partial charge in [-0.15, -0.1) is 0 Å². The molecule has 0 saturated carbocycles. The quantitative estimate of drug-likeness (QED) is 0.544. The molecule has 3 heterocycles. The Morgan fingerprint density at radius 3 is 2.70 bits per heavy atom. The third-order valence-electron chi connectivity index (χ3n) is 4.32. The van der Waals surface area contributed by atoms with E-state index in [-0.39, 0.29) is 6.04 Å². The number of hydrogen-bond acceptors (Lipinski definition) is 6. The van der Waals surface area contributed by atoms with Gasteiger partial charge in [-0.2, -0.15) is 5.10 Å². The molecule has 27 heavy (non-hydrogen) atoms. The van der Waals surface area contributed by atoms with Gasteiger partial charge in [0.05, 0.1) is 17.9 Å². The molecule has 0 aliphatic rings. The molecule has 0 radical (unpaired) electrons. The summed E-state index contributed by atoms with van der Waals surface area (Å²) in [6.45, 7) is 2.10. The minimum Gasteiger partial charge on any atom is -0.384 e. The molecule has 1 atom stereocenters. The highest BCUT2D eigenvalue weighted by Crippen LogP contribution is 2.31. The zero-order chi connectivity index (χ0) is 18.8. The molecule has 0 spiro atoms. The van der Waals surface area contributed by atoms with Gasteiger partial charge in [-0.1, -0.05) is 48.9 Å². The van der Waals surface area contributed by atoms with Crippen LogP contribution in [0.2, 0.25) is 5.15 Å². The van der Waals surface area contributed by atoms with Gasteiger partial charge < -0.3 is 11.1 Å². The van der Waals surface area contributed by atoms with E-state index in [2.05, 4.69) is 27.2 Å².